The molecule has 0 atom stereocenters. The maximum atomic E-state index is 11.0. The van der Waals surface area contributed by atoms with Crippen molar-refractivity contribution in [1.82, 2.24) is 15.3 Å². The molecule has 0 bridgehead atoms. The molecule has 2 aromatic rings. The molecule has 0 saturated heterocycles. The quantitative estimate of drug-likeness (QED) is 0.875. The summed E-state index contributed by atoms with van der Waals surface area (Å²) in [5.41, 5.74) is 1.51. The number of nitrogens with zero attached hydrogens (tertiary/aromatic N) is 2. The van der Waals surface area contributed by atoms with Gasteiger partial charge in [0.2, 0.25) is 0 Å². The van der Waals surface area contributed by atoms with Gasteiger partial charge in [0.25, 0.3) is 0 Å². The standard InChI is InChI=1S/C13H12ClN3O2/c14-11-4-2-1-3-9(11)5-15-7-12-10(13(18)19)6-16-8-17-12/h1-4,6,8,15H,5,7H2,(H,18,19). The molecule has 1 aromatic heterocycles. The summed E-state index contributed by atoms with van der Waals surface area (Å²) in [6, 6.07) is 7.48. The summed E-state index contributed by atoms with van der Waals surface area (Å²) < 4.78 is 0. The Bertz CT molecular complexity index is 590. The molecule has 0 aliphatic rings. The van der Waals surface area contributed by atoms with Crippen LogP contribution in [0.2, 0.25) is 5.02 Å². The number of hydrogen-bond acceptors (Lipinski definition) is 4. The average Bonchev–Trinajstić information content (AvgIpc) is 2.41. The number of carboxylic acids is 1. The van der Waals surface area contributed by atoms with E-state index in [1.165, 1.54) is 12.5 Å². The van der Waals surface area contributed by atoms with E-state index in [0.29, 0.717) is 23.8 Å². The molecule has 2 rings (SSSR count). The van der Waals surface area contributed by atoms with Crippen molar-refractivity contribution < 1.29 is 9.90 Å². The van der Waals surface area contributed by atoms with Gasteiger partial charge >= 0.3 is 5.97 Å². The lowest BCUT2D eigenvalue weighted by molar-refractivity contribution is 0.0694. The number of hydrogen-bond donors (Lipinski definition) is 2. The Morgan fingerprint density at radius 2 is 2.11 bits per heavy atom. The maximum absolute atomic E-state index is 11.0. The van der Waals surface area contributed by atoms with Crippen molar-refractivity contribution in [2.45, 2.75) is 13.1 Å². The van der Waals surface area contributed by atoms with E-state index in [1.54, 1.807) is 0 Å². The molecule has 0 radical (unpaired) electrons. The summed E-state index contributed by atoms with van der Waals surface area (Å²) in [5, 5.41) is 12.8. The second kappa shape index (κ2) is 6.26. The highest BCUT2D eigenvalue weighted by molar-refractivity contribution is 6.31. The van der Waals surface area contributed by atoms with Crippen molar-refractivity contribution in [3.8, 4) is 0 Å². The third kappa shape index (κ3) is 3.49. The number of halogens is 1. The van der Waals surface area contributed by atoms with Gasteiger partial charge < -0.3 is 10.4 Å². The van der Waals surface area contributed by atoms with E-state index < -0.39 is 5.97 Å². The number of nitrogens with one attached hydrogen (secondary N) is 1. The molecular weight excluding hydrogens is 266 g/mol. The first-order valence-electron chi connectivity index (χ1n) is 5.65. The highest BCUT2D eigenvalue weighted by atomic mass is 35.5. The first-order valence-corrected chi connectivity index (χ1v) is 6.02. The van der Waals surface area contributed by atoms with Crippen LogP contribution >= 0.6 is 11.6 Å². The smallest absolute Gasteiger partial charge is 0.339 e. The molecule has 0 unspecified atom stereocenters. The van der Waals surface area contributed by atoms with Crippen LogP contribution in [0.3, 0.4) is 0 Å². The summed E-state index contributed by atoms with van der Waals surface area (Å²) in [6.07, 6.45) is 2.63. The Morgan fingerprint density at radius 3 is 2.84 bits per heavy atom. The molecule has 2 N–H and O–H groups in total. The Labute approximate surface area is 115 Å². The molecule has 0 amide bonds. The van der Waals surface area contributed by atoms with E-state index in [1.807, 2.05) is 24.3 Å². The minimum absolute atomic E-state index is 0.106. The highest BCUT2D eigenvalue weighted by Gasteiger charge is 2.10. The third-order valence-electron chi connectivity index (χ3n) is 2.59. The van der Waals surface area contributed by atoms with Crippen LogP contribution in [0.5, 0.6) is 0 Å². The molecule has 0 aliphatic carbocycles. The van der Waals surface area contributed by atoms with Crippen molar-refractivity contribution >= 4 is 17.6 Å². The highest BCUT2D eigenvalue weighted by Crippen LogP contribution is 2.14. The largest absolute Gasteiger partial charge is 0.478 e. The van der Waals surface area contributed by atoms with Gasteiger partial charge in [-0.15, -0.1) is 0 Å². The first kappa shape index (κ1) is 13.5. The maximum Gasteiger partial charge on any atom is 0.339 e. The van der Waals surface area contributed by atoms with E-state index in [9.17, 15) is 4.79 Å². The minimum atomic E-state index is -1.03. The van der Waals surface area contributed by atoms with Gasteiger partial charge in [-0.2, -0.15) is 0 Å². The number of aromatic nitrogens is 2. The Kier molecular flexibility index (Phi) is 4.43. The van der Waals surface area contributed by atoms with Crippen LogP contribution in [-0.2, 0) is 13.1 Å². The molecule has 19 heavy (non-hydrogen) atoms. The summed E-state index contributed by atoms with van der Waals surface area (Å²) in [7, 11) is 0. The van der Waals surface area contributed by atoms with Crippen LogP contribution in [0.15, 0.2) is 36.8 Å². The summed E-state index contributed by atoms with van der Waals surface area (Å²) in [5.74, 6) is -1.03. The van der Waals surface area contributed by atoms with Crippen molar-refractivity contribution in [3.63, 3.8) is 0 Å². The first-order chi connectivity index (χ1) is 9.18. The molecular formula is C13H12ClN3O2. The fourth-order valence-electron chi connectivity index (χ4n) is 1.63. The van der Waals surface area contributed by atoms with Crippen molar-refractivity contribution in [2.24, 2.45) is 0 Å². The van der Waals surface area contributed by atoms with Crippen LogP contribution in [-0.4, -0.2) is 21.0 Å². The molecule has 5 nitrogen and oxygen atoms in total. The van der Waals surface area contributed by atoms with Crippen LogP contribution in [0, 0.1) is 0 Å². The molecule has 0 saturated carbocycles. The summed E-state index contributed by atoms with van der Waals surface area (Å²) in [6.45, 7) is 0.887. The Morgan fingerprint density at radius 1 is 1.32 bits per heavy atom. The summed E-state index contributed by atoms with van der Waals surface area (Å²) in [4.78, 5) is 18.7. The molecule has 6 heteroatoms. The van der Waals surface area contributed by atoms with Crippen molar-refractivity contribution in [2.75, 3.05) is 0 Å². The van der Waals surface area contributed by atoms with Gasteiger partial charge in [-0.1, -0.05) is 29.8 Å². The fourth-order valence-corrected chi connectivity index (χ4v) is 1.83. The number of carboxylic acid groups (broad SMARTS) is 1. The van der Waals surface area contributed by atoms with E-state index in [0.717, 1.165) is 5.56 Å². The molecule has 0 aliphatic heterocycles. The predicted octanol–water partition coefficient (Wildman–Crippen LogP) is 2.12. The molecule has 98 valence electrons. The van der Waals surface area contributed by atoms with E-state index >= 15 is 0 Å². The van der Waals surface area contributed by atoms with Gasteiger partial charge in [0.1, 0.15) is 11.9 Å². The van der Waals surface area contributed by atoms with Crippen LogP contribution < -0.4 is 5.32 Å². The Balaban J connectivity index is 2.00. The van der Waals surface area contributed by atoms with E-state index in [2.05, 4.69) is 15.3 Å². The lowest BCUT2D eigenvalue weighted by Gasteiger charge is -2.07. The summed E-state index contributed by atoms with van der Waals surface area (Å²) >= 11 is 6.03. The predicted molar refractivity (Wildman–Crippen MR) is 71.0 cm³/mol. The van der Waals surface area contributed by atoms with Gasteiger partial charge in [-0.05, 0) is 11.6 Å². The SMILES string of the molecule is O=C(O)c1cncnc1CNCc1ccccc1Cl. The van der Waals surface area contributed by atoms with Crippen molar-refractivity contribution in [3.05, 3.63) is 58.6 Å². The fraction of sp³-hybridized carbons (Fsp3) is 0.154. The van der Waals surface area contributed by atoms with E-state index in [-0.39, 0.29) is 5.56 Å². The zero-order valence-corrected chi connectivity index (χ0v) is 10.8. The van der Waals surface area contributed by atoms with Crippen LogP contribution in [0.1, 0.15) is 21.6 Å². The lowest BCUT2D eigenvalue weighted by atomic mass is 10.2. The van der Waals surface area contributed by atoms with E-state index in [4.69, 9.17) is 16.7 Å². The zero-order valence-electron chi connectivity index (χ0n) is 10.0. The lowest BCUT2D eigenvalue weighted by Crippen LogP contribution is -2.17. The Hall–Kier alpha value is -1.98. The number of carbonyl (C=O) groups is 1. The third-order valence-corrected chi connectivity index (χ3v) is 2.96. The molecule has 1 aromatic carbocycles. The van der Waals surface area contributed by atoms with Gasteiger partial charge in [-0.3, -0.25) is 0 Å². The molecule has 1 heterocycles. The van der Waals surface area contributed by atoms with Crippen molar-refractivity contribution in [1.29, 1.82) is 0 Å². The van der Waals surface area contributed by atoms with Gasteiger partial charge in [0.05, 0.1) is 5.69 Å². The number of aromatic carboxylic acids is 1. The zero-order chi connectivity index (χ0) is 13.7. The number of benzene rings is 1. The topological polar surface area (TPSA) is 75.1 Å². The number of rotatable bonds is 5. The average molecular weight is 278 g/mol. The minimum Gasteiger partial charge on any atom is -0.478 e. The molecule has 0 fully saturated rings. The van der Waals surface area contributed by atoms with Crippen LogP contribution in [0.4, 0.5) is 0 Å². The second-order valence-electron chi connectivity index (χ2n) is 3.88. The second-order valence-corrected chi connectivity index (χ2v) is 4.29. The monoisotopic (exact) mass is 277 g/mol. The van der Waals surface area contributed by atoms with Gasteiger partial charge in [0, 0.05) is 24.3 Å². The van der Waals surface area contributed by atoms with Gasteiger partial charge in [0.15, 0.2) is 0 Å². The van der Waals surface area contributed by atoms with Crippen LogP contribution in [0.25, 0.3) is 0 Å². The normalized spacial score (nSPS) is 10.4. The molecule has 0 spiro atoms. The van der Waals surface area contributed by atoms with Gasteiger partial charge in [-0.25, -0.2) is 14.8 Å².